The lowest BCUT2D eigenvalue weighted by Crippen LogP contribution is -2.42. The van der Waals surface area contributed by atoms with E-state index in [0.29, 0.717) is 11.3 Å². The van der Waals surface area contributed by atoms with Crippen LogP contribution in [0, 0.1) is 0 Å². The molecular formula is C20H19F3N2O6. The number of benzene rings is 1. The van der Waals surface area contributed by atoms with E-state index in [4.69, 9.17) is 4.74 Å². The Morgan fingerprint density at radius 3 is 2.39 bits per heavy atom. The molecule has 2 aromatic rings. The summed E-state index contributed by atoms with van der Waals surface area (Å²) in [6, 6.07) is 8.52. The number of amides is 1. The van der Waals surface area contributed by atoms with Gasteiger partial charge in [0.15, 0.2) is 6.61 Å². The zero-order chi connectivity index (χ0) is 23.0. The minimum atomic E-state index is -4.46. The van der Waals surface area contributed by atoms with Crippen molar-refractivity contribution in [1.29, 1.82) is 0 Å². The molecule has 2 rings (SSSR count). The third-order valence-corrected chi connectivity index (χ3v) is 3.81. The van der Waals surface area contributed by atoms with E-state index in [-0.39, 0.29) is 18.1 Å². The zero-order valence-electron chi connectivity index (χ0n) is 16.3. The number of nitrogens with zero attached hydrogens (tertiary/aromatic N) is 1. The van der Waals surface area contributed by atoms with Crippen molar-refractivity contribution in [3.63, 3.8) is 0 Å². The molecule has 1 aromatic carbocycles. The van der Waals surface area contributed by atoms with E-state index in [9.17, 15) is 32.7 Å². The number of halogens is 3. The van der Waals surface area contributed by atoms with Crippen LogP contribution in [-0.4, -0.2) is 53.4 Å². The second kappa shape index (κ2) is 10.4. The molecule has 0 fully saturated rings. The molecule has 1 amide bonds. The number of esters is 1. The monoisotopic (exact) mass is 440 g/mol. The van der Waals surface area contributed by atoms with Gasteiger partial charge in [0.25, 0.3) is 5.91 Å². The number of carboxylic acid groups (broad SMARTS) is 1. The Morgan fingerprint density at radius 2 is 1.81 bits per heavy atom. The molecule has 1 aromatic heterocycles. The maximum atomic E-state index is 12.4. The third-order valence-electron chi connectivity index (χ3n) is 3.81. The Balaban J connectivity index is 2.10. The van der Waals surface area contributed by atoms with Gasteiger partial charge in [-0.15, -0.1) is 0 Å². The lowest BCUT2D eigenvalue weighted by molar-refractivity contribution is -0.153. The highest BCUT2D eigenvalue weighted by Crippen LogP contribution is 2.23. The summed E-state index contributed by atoms with van der Waals surface area (Å²) in [5.74, 6) is -2.99. The number of aromatic nitrogens is 1. The number of alkyl halides is 3. The smallest absolute Gasteiger partial charge is 0.422 e. The summed E-state index contributed by atoms with van der Waals surface area (Å²) < 4.78 is 46.0. The van der Waals surface area contributed by atoms with Crippen molar-refractivity contribution in [2.24, 2.45) is 0 Å². The number of hydrogen-bond acceptors (Lipinski definition) is 6. The molecule has 0 aliphatic heterocycles. The summed E-state index contributed by atoms with van der Waals surface area (Å²) in [6.07, 6.45) is -5.00. The van der Waals surface area contributed by atoms with Gasteiger partial charge < -0.3 is 19.9 Å². The van der Waals surface area contributed by atoms with Crippen molar-refractivity contribution >= 4 is 17.8 Å². The zero-order valence-corrected chi connectivity index (χ0v) is 16.3. The van der Waals surface area contributed by atoms with Crippen molar-refractivity contribution < 1.29 is 42.1 Å². The first kappa shape index (κ1) is 23.6. The number of nitrogens with one attached hydrogen (secondary N) is 1. The predicted octanol–water partition coefficient (Wildman–Crippen LogP) is 2.83. The summed E-state index contributed by atoms with van der Waals surface area (Å²) in [5, 5.41) is 11.4. The first-order chi connectivity index (χ1) is 14.6. The van der Waals surface area contributed by atoms with E-state index in [0.717, 1.165) is 0 Å². The van der Waals surface area contributed by atoms with Gasteiger partial charge >= 0.3 is 18.1 Å². The maximum absolute atomic E-state index is 12.4. The summed E-state index contributed by atoms with van der Waals surface area (Å²) in [4.78, 5) is 39.4. The summed E-state index contributed by atoms with van der Waals surface area (Å²) >= 11 is 0. The Labute approximate surface area is 175 Å². The molecule has 11 heteroatoms. The normalized spacial score (nSPS) is 12.0. The number of aliphatic carboxylic acids is 1. The molecular weight excluding hydrogens is 421 g/mol. The van der Waals surface area contributed by atoms with Gasteiger partial charge in [0.05, 0.1) is 18.7 Å². The molecule has 0 aliphatic rings. The van der Waals surface area contributed by atoms with Gasteiger partial charge in [0, 0.05) is 5.56 Å². The number of carbonyl (C=O) groups excluding carboxylic acids is 2. The van der Waals surface area contributed by atoms with Crippen LogP contribution in [0.15, 0.2) is 42.5 Å². The van der Waals surface area contributed by atoms with Crippen LogP contribution in [0.25, 0.3) is 11.3 Å². The molecule has 0 saturated heterocycles. The fraction of sp³-hybridized carbons (Fsp3) is 0.300. The Bertz CT molecular complexity index is 931. The molecule has 2 N–H and O–H groups in total. The van der Waals surface area contributed by atoms with E-state index < -0.39 is 43.1 Å². The van der Waals surface area contributed by atoms with Crippen LogP contribution in [0.2, 0.25) is 0 Å². The molecule has 0 aliphatic carbocycles. The maximum Gasteiger partial charge on any atom is 0.422 e. The van der Waals surface area contributed by atoms with Gasteiger partial charge in [-0.05, 0) is 43.3 Å². The molecule has 0 spiro atoms. The van der Waals surface area contributed by atoms with Crippen molar-refractivity contribution in [1.82, 2.24) is 10.3 Å². The van der Waals surface area contributed by atoms with E-state index in [1.54, 1.807) is 13.0 Å². The summed E-state index contributed by atoms with van der Waals surface area (Å²) in [5.41, 5.74) is 0.715. The standard InChI is InChI=1S/C20H19F3N2O6/c1-2-30-17(26)10-16(19(28)29)25-18(27)15-5-3-4-14(24-15)12-6-8-13(9-7-12)31-11-20(21,22)23/h3-9,16H,2,10-11H2,1H3,(H,25,27)(H,28,29)/t16-/m0/s1. The summed E-state index contributed by atoms with van der Waals surface area (Å²) in [6.45, 7) is 0.218. The second-order valence-electron chi connectivity index (χ2n) is 6.21. The highest BCUT2D eigenvalue weighted by molar-refractivity contribution is 5.96. The first-order valence-corrected chi connectivity index (χ1v) is 9.05. The van der Waals surface area contributed by atoms with Crippen molar-refractivity contribution in [2.45, 2.75) is 25.6 Å². The molecule has 166 valence electrons. The van der Waals surface area contributed by atoms with Gasteiger partial charge in [-0.1, -0.05) is 6.07 Å². The molecule has 1 atom stereocenters. The number of carboxylic acids is 1. The largest absolute Gasteiger partial charge is 0.484 e. The number of carbonyl (C=O) groups is 3. The van der Waals surface area contributed by atoms with Gasteiger partial charge in [-0.3, -0.25) is 9.59 Å². The van der Waals surface area contributed by atoms with E-state index in [2.05, 4.69) is 15.0 Å². The number of ether oxygens (including phenoxy) is 2. The number of pyridine rings is 1. The Morgan fingerprint density at radius 1 is 1.13 bits per heavy atom. The van der Waals surface area contributed by atoms with Crippen LogP contribution in [0.3, 0.4) is 0 Å². The molecule has 31 heavy (non-hydrogen) atoms. The topological polar surface area (TPSA) is 115 Å². The van der Waals surface area contributed by atoms with Crippen molar-refractivity contribution in [2.75, 3.05) is 13.2 Å². The minimum Gasteiger partial charge on any atom is -0.484 e. The predicted molar refractivity (Wildman–Crippen MR) is 101 cm³/mol. The Kier molecular flexibility index (Phi) is 7.94. The molecule has 0 radical (unpaired) electrons. The second-order valence-corrected chi connectivity index (χ2v) is 6.21. The quantitative estimate of drug-likeness (QED) is 0.576. The first-order valence-electron chi connectivity index (χ1n) is 9.05. The molecule has 0 saturated carbocycles. The minimum absolute atomic E-state index is 0.0123. The Hall–Kier alpha value is -3.63. The fourth-order valence-electron chi connectivity index (χ4n) is 2.43. The van der Waals surface area contributed by atoms with Crippen LogP contribution in [0.1, 0.15) is 23.8 Å². The van der Waals surface area contributed by atoms with E-state index >= 15 is 0 Å². The summed E-state index contributed by atoms with van der Waals surface area (Å²) in [7, 11) is 0. The van der Waals surface area contributed by atoms with Crippen LogP contribution in [0.5, 0.6) is 5.75 Å². The molecule has 0 unspecified atom stereocenters. The number of hydrogen-bond donors (Lipinski definition) is 2. The molecule has 8 nitrogen and oxygen atoms in total. The fourth-order valence-corrected chi connectivity index (χ4v) is 2.43. The SMILES string of the molecule is CCOC(=O)C[C@H](NC(=O)c1cccc(-c2ccc(OCC(F)(F)F)cc2)n1)C(=O)O. The van der Waals surface area contributed by atoms with Gasteiger partial charge in [0.2, 0.25) is 0 Å². The van der Waals surface area contributed by atoms with Crippen molar-refractivity contribution in [3.8, 4) is 17.0 Å². The van der Waals surface area contributed by atoms with E-state index in [1.165, 1.54) is 36.4 Å². The lowest BCUT2D eigenvalue weighted by atomic mass is 10.1. The average molecular weight is 440 g/mol. The highest BCUT2D eigenvalue weighted by Gasteiger charge is 2.28. The van der Waals surface area contributed by atoms with Crippen LogP contribution < -0.4 is 10.1 Å². The lowest BCUT2D eigenvalue weighted by Gasteiger charge is -2.14. The van der Waals surface area contributed by atoms with Gasteiger partial charge in [0.1, 0.15) is 17.5 Å². The number of rotatable bonds is 9. The van der Waals surface area contributed by atoms with Gasteiger partial charge in [-0.2, -0.15) is 13.2 Å². The third kappa shape index (κ3) is 7.61. The highest BCUT2D eigenvalue weighted by atomic mass is 19.4. The van der Waals surface area contributed by atoms with Crippen LogP contribution in [0.4, 0.5) is 13.2 Å². The van der Waals surface area contributed by atoms with E-state index in [1.807, 2.05) is 0 Å². The van der Waals surface area contributed by atoms with Crippen LogP contribution in [-0.2, 0) is 14.3 Å². The average Bonchev–Trinajstić information content (AvgIpc) is 2.72. The van der Waals surface area contributed by atoms with Crippen LogP contribution >= 0.6 is 0 Å². The molecule has 0 bridgehead atoms. The molecule has 1 heterocycles. The van der Waals surface area contributed by atoms with Crippen molar-refractivity contribution in [3.05, 3.63) is 48.2 Å². The van der Waals surface area contributed by atoms with Gasteiger partial charge in [-0.25, -0.2) is 9.78 Å².